The molecule has 0 aliphatic rings. The molecule has 0 radical (unpaired) electrons. The smallest absolute Gasteiger partial charge is 0.173 e. The van der Waals surface area contributed by atoms with Gasteiger partial charge in [0.25, 0.3) is 0 Å². The number of ether oxygens (including phenoxy) is 1. The van der Waals surface area contributed by atoms with Gasteiger partial charge in [-0.1, -0.05) is 0 Å². The second kappa shape index (κ2) is 4.32. The summed E-state index contributed by atoms with van der Waals surface area (Å²) in [6, 6.07) is 4.74. The van der Waals surface area contributed by atoms with Crippen LogP contribution in [0.3, 0.4) is 0 Å². The van der Waals surface area contributed by atoms with Gasteiger partial charge < -0.3 is 15.6 Å². The van der Waals surface area contributed by atoms with Crippen molar-refractivity contribution in [3.8, 4) is 5.75 Å². The average Bonchev–Trinajstić information content (AvgIpc) is 2.15. The Morgan fingerprint density at radius 1 is 1.57 bits per heavy atom. The third kappa shape index (κ3) is 2.04. The van der Waals surface area contributed by atoms with E-state index in [-0.39, 0.29) is 5.75 Å². The molecule has 4 N–H and O–H groups in total. The Balaban J connectivity index is 3.11. The summed E-state index contributed by atoms with van der Waals surface area (Å²) >= 11 is 0. The van der Waals surface area contributed by atoms with Gasteiger partial charge in [-0.05, 0) is 25.1 Å². The highest BCUT2D eigenvalue weighted by molar-refractivity contribution is 5.71. The lowest BCUT2D eigenvalue weighted by molar-refractivity contribution is 0.463. The maximum atomic E-state index is 9.54. The van der Waals surface area contributed by atoms with E-state index in [2.05, 4.69) is 0 Å². The van der Waals surface area contributed by atoms with Crippen LogP contribution >= 0.6 is 0 Å². The lowest BCUT2D eigenvalue weighted by atomic mass is 10.1. The summed E-state index contributed by atoms with van der Waals surface area (Å²) in [7, 11) is 0. The Bertz CT molecular complexity index is 372. The minimum Gasteiger partial charge on any atom is -0.507 e. The molecule has 1 rings (SSSR count). The second-order valence-electron chi connectivity index (χ2n) is 2.67. The second-order valence-corrected chi connectivity index (χ2v) is 2.67. The summed E-state index contributed by atoms with van der Waals surface area (Å²) in [4.78, 5) is 0. The summed E-state index contributed by atoms with van der Waals surface area (Å²) in [5.74, 6) is 0.470. The van der Waals surface area contributed by atoms with Crippen LogP contribution in [0.15, 0.2) is 24.3 Å². The lowest BCUT2D eigenvalue weighted by Crippen LogP contribution is -1.92. The highest BCUT2D eigenvalue weighted by Crippen LogP contribution is 2.27. The van der Waals surface area contributed by atoms with Gasteiger partial charge in [0, 0.05) is 11.8 Å². The number of anilines is 1. The molecule has 14 heavy (non-hydrogen) atoms. The number of nitrogens with two attached hydrogens (primary N) is 1. The Morgan fingerprint density at radius 3 is 2.79 bits per heavy atom. The number of phenols is 1. The summed E-state index contributed by atoms with van der Waals surface area (Å²) in [5.41, 5.74) is 6.48. The van der Waals surface area contributed by atoms with Crippen LogP contribution in [0.1, 0.15) is 12.5 Å². The van der Waals surface area contributed by atoms with Crippen molar-refractivity contribution in [1.29, 1.82) is 5.41 Å². The number of nitrogen functional groups attached to an aromatic ring is 1. The van der Waals surface area contributed by atoms with Gasteiger partial charge in [-0.2, -0.15) is 0 Å². The van der Waals surface area contributed by atoms with Crippen molar-refractivity contribution in [3.05, 3.63) is 29.8 Å². The van der Waals surface area contributed by atoms with Gasteiger partial charge in [-0.3, -0.25) is 5.41 Å². The number of allylic oxidation sites excluding steroid dienone is 1. The summed E-state index contributed by atoms with van der Waals surface area (Å²) < 4.78 is 4.90. The first-order chi connectivity index (χ1) is 6.69. The molecule has 0 saturated carbocycles. The van der Waals surface area contributed by atoms with E-state index < -0.39 is 0 Å². The fourth-order valence-corrected chi connectivity index (χ4v) is 1.11. The SMILES string of the molecule is C/C=C(\OC=N)c1ccc(N)cc1O. The van der Waals surface area contributed by atoms with Crippen LogP contribution in [0.4, 0.5) is 5.69 Å². The zero-order valence-corrected chi connectivity index (χ0v) is 7.82. The third-order valence-electron chi connectivity index (χ3n) is 1.74. The molecule has 0 bridgehead atoms. The molecule has 0 spiro atoms. The van der Waals surface area contributed by atoms with Crippen LogP contribution in [-0.4, -0.2) is 11.5 Å². The first-order valence-electron chi connectivity index (χ1n) is 4.09. The monoisotopic (exact) mass is 192 g/mol. The molecule has 0 aliphatic carbocycles. The molecule has 4 nitrogen and oxygen atoms in total. The molecule has 0 saturated heterocycles. The van der Waals surface area contributed by atoms with Crippen LogP contribution in [0, 0.1) is 5.41 Å². The number of nitrogens with one attached hydrogen (secondary N) is 1. The summed E-state index contributed by atoms with van der Waals surface area (Å²) in [6.45, 7) is 1.76. The number of phenolic OH excluding ortho intramolecular Hbond substituents is 1. The fourth-order valence-electron chi connectivity index (χ4n) is 1.11. The van der Waals surface area contributed by atoms with Crippen LogP contribution in [0.25, 0.3) is 5.76 Å². The lowest BCUT2D eigenvalue weighted by Gasteiger charge is -2.07. The van der Waals surface area contributed by atoms with Crippen molar-refractivity contribution in [1.82, 2.24) is 0 Å². The number of hydrogen-bond donors (Lipinski definition) is 3. The quantitative estimate of drug-likeness (QED) is 0.296. The largest absolute Gasteiger partial charge is 0.507 e. The molecule has 0 amide bonds. The summed E-state index contributed by atoms with van der Waals surface area (Å²) in [6.07, 6.45) is 2.47. The Labute approximate surface area is 82.1 Å². The molecule has 0 heterocycles. The molecule has 0 atom stereocenters. The van der Waals surface area contributed by atoms with Gasteiger partial charge in [0.05, 0.1) is 5.56 Å². The van der Waals surface area contributed by atoms with Crippen LogP contribution in [0.5, 0.6) is 5.75 Å². The highest BCUT2D eigenvalue weighted by atomic mass is 16.5. The zero-order valence-electron chi connectivity index (χ0n) is 7.82. The maximum Gasteiger partial charge on any atom is 0.173 e. The standard InChI is InChI=1S/C10H12N2O2/c1-2-10(14-6-11)8-4-3-7(12)5-9(8)13/h2-6,11,13H,12H2,1H3/b10-2-,11-6?. The average molecular weight is 192 g/mol. The van der Waals surface area contributed by atoms with E-state index in [1.807, 2.05) is 0 Å². The van der Waals surface area contributed by atoms with Crippen LogP contribution < -0.4 is 5.73 Å². The molecule has 74 valence electrons. The van der Waals surface area contributed by atoms with Gasteiger partial charge in [-0.25, -0.2) is 0 Å². The van der Waals surface area contributed by atoms with E-state index in [1.54, 1.807) is 25.1 Å². The Kier molecular flexibility index (Phi) is 3.12. The van der Waals surface area contributed by atoms with E-state index in [9.17, 15) is 5.11 Å². The summed E-state index contributed by atoms with van der Waals surface area (Å²) in [5, 5.41) is 16.3. The van der Waals surface area contributed by atoms with E-state index in [0.29, 0.717) is 17.0 Å². The van der Waals surface area contributed by atoms with Gasteiger partial charge >= 0.3 is 0 Å². The number of rotatable bonds is 3. The zero-order chi connectivity index (χ0) is 10.6. The molecule has 0 fully saturated rings. The van der Waals surface area contributed by atoms with E-state index in [0.717, 1.165) is 6.40 Å². The van der Waals surface area contributed by atoms with E-state index in [1.165, 1.54) is 6.07 Å². The van der Waals surface area contributed by atoms with Crippen molar-refractivity contribution in [2.45, 2.75) is 6.92 Å². The minimum atomic E-state index is 0.0416. The van der Waals surface area contributed by atoms with E-state index >= 15 is 0 Å². The van der Waals surface area contributed by atoms with Crippen LogP contribution in [0.2, 0.25) is 0 Å². The Morgan fingerprint density at radius 2 is 2.29 bits per heavy atom. The normalized spacial score (nSPS) is 11.1. The molecule has 0 aliphatic heterocycles. The van der Waals surface area contributed by atoms with Gasteiger partial charge in [0.1, 0.15) is 11.5 Å². The molecule has 0 unspecified atom stereocenters. The molecular formula is C10H12N2O2. The number of benzene rings is 1. The number of aromatic hydroxyl groups is 1. The van der Waals surface area contributed by atoms with Crippen molar-refractivity contribution in [3.63, 3.8) is 0 Å². The number of hydrogen-bond acceptors (Lipinski definition) is 4. The van der Waals surface area contributed by atoms with Crippen molar-refractivity contribution >= 4 is 17.8 Å². The van der Waals surface area contributed by atoms with Gasteiger partial charge in [0.15, 0.2) is 6.40 Å². The first kappa shape index (κ1) is 10.1. The Hall–Kier alpha value is -1.97. The van der Waals surface area contributed by atoms with Crippen LogP contribution in [-0.2, 0) is 4.74 Å². The third-order valence-corrected chi connectivity index (χ3v) is 1.74. The van der Waals surface area contributed by atoms with Crippen molar-refractivity contribution in [2.75, 3.05) is 5.73 Å². The van der Waals surface area contributed by atoms with Gasteiger partial charge in [0.2, 0.25) is 0 Å². The van der Waals surface area contributed by atoms with Gasteiger partial charge in [-0.15, -0.1) is 0 Å². The maximum absolute atomic E-state index is 9.54. The highest BCUT2D eigenvalue weighted by Gasteiger charge is 2.06. The molecule has 1 aromatic rings. The van der Waals surface area contributed by atoms with E-state index in [4.69, 9.17) is 15.9 Å². The predicted octanol–water partition coefficient (Wildman–Crippen LogP) is 1.96. The predicted molar refractivity (Wildman–Crippen MR) is 56.0 cm³/mol. The van der Waals surface area contributed by atoms with Crippen molar-refractivity contribution in [2.24, 2.45) is 0 Å². The topological polar surface area (TPSA) is 79.3 Å². The minimum absolute atomic E-state index is 0.0416. The molecule has 4 heteroatoms. The first-order valence-corrected chi connectivity index (χ1v) is 4.09. The molecular weight excluding hydrogens is 180 g/mol. The molecule has 1 aromatic carbocycles. The molecule has 0 aromatic heterocycles. The fraction of sp³-hybridized carbons (Fsp3) is 0.100. The van der Waals surface area contributed by atoms with Crippen molar-refractivity contribution < 1.29 is 9.84 Å².